The first kappa shape index (κ1) is 16.4. The Morgan fingerprint density at radius 3 is 2.47 bits per heavy atom. The number of aryl methyl sites for hydroxylation is 1. The maximum absolute atomic E-state index is 5.66. The largest absolute Gasteiger partial charge is 0.371 e. The third-order valence-electron chi connectivity index (χ3n) is 3.47. The normalized spacial score (nSPS) is 13.9. The summed E-state index contributed by atoms with van der Waals surface area (Å²) in [4.78, 5) is 0. The molecule has 0 bridgehead atoms. The second-order valence-corrected chi connectivity index (χ2v) is 5.40. The number of ether oxygens (including phenoxy) is 3. The Hall–Kier alpha value is -0.693. The molecule has 1 aromatic rings. The van der Waals surface area contributed by atoms with E-state index >= 15 is 0 Å². The number of nitrogens with zero attached hydrogens (tertiary/aromatic N) is 2. The molecular formula is C13H27N2O3Si+. The van der Waals surface area contributed by atoms with Crippen LogP contribution < -0.4 is 4.57 Å². The maximum atomic E-state index is 5.66. The van der Waals surface area contributed by atoms with E-state index in [0.717, 1.165) is 29.3 Å². The molecule has 1 heterocycles. The van der Waals surface area contributed by atoms with Crippen LogP contribution in [0.25, 0.3) is 0 Å². The van der Waals surface area contributed by atoms with Crippen LogP contribution in [0.5, 0.6) is 0 Å². The zero-order valence-electron chi connectivity index (χ0n) is 12.8. The molecule has 0 aliphatic carbocycles. The standard InChI is InChI=1S/C13H27N2O3Si/c1-5-6-7-14-8-9-15(11-14)13(17-3,18-4)12(10-19)16-2/h8-9,11-12H,5-7,10H2,1-4,19H3/q+1. The van der Waals surface area contributed by atoms with Crippen molar-refractivity contribution in [3.63, 3.8) is 0 Å². The number of hydrogen-bond donors (Lipinski definition) is 0. The van der Waals surface area contributed by atoms with Crippen LogP contribution in [0, 0.1) is 0 Å². The lowest BCUT2D eigenvalue weighted by atomic mass is 10.3. The van der Waals surface area contributed by atoms with E-state index < -0.39 is 5.91 Å². The summed E-state index contributed by atoms with van der Waals surface area (Å²) in [7, 11) is 6.04. The number of methoxy groups -OCH3 is 3. The second kappa shape index (κ2) is 7.79. The molecule has 0 fully saturated rings. The topological polar surface area (TPSA) is 36.5 Å². The fraction of sp³-hybridized carbons (Fsp3) is 0.769. The third kappa shape index (κ3) is 3.45. The zero-order valence-corrected chi connectivity index (χ0v) is 14.8. The molecule has 5 nitrogen and oxygen atoms in total. The van der Waals surface area contributed by atoms with E-state index in [0.29, 0.717) is 0 Å². The molecule has 1 atom stereocenters. The van der Waals surface area contributed by atoms with Gasteiger partial charge < -0.3 is 14.2 Å². The van der Waals surface area contributed by atoms with Crippen molar-refractivity contribution in [1.82, 2.24) is 4.57 Å². The minimum Gasteiger partial charge on any atom is -0.371 e. The molecule has 0 saturated carbocycles. The molecule has 0 radical (unpaired) electrons. The van der Waals surface area contributed by atoms with E-state index in [1.54, 1.807) is 21.3 Å². The number of imidazole rings is 1. The van der Waals surface area contributed by atoms with Gasteiger partial charge in [0.25, 0.3) is 0 Å². The van der Waals surface area contributed by atoms with Crippen LogP contribution in [0.4, 0.5) is 0 Å². The van der Waals surface area contributed by atoms with Crippen LogP contribution in [0.15, 0.2) is 18.7 Å². The van der Waals surface area contributed by atoms with E-state index in [-0.39, 0.29) is 6.10 Å². The molecule has 0 aliphatic heterocycles. The smallest absolute Gasteiger partial charge is 0.353 e. The van der Waals surface area contributed by atoms with Gasteiger partial charge in [0.15, 0.2) is 6.10 Å². The highest BCUT2D eigenvalue weighted by Crippen LogP contribution is 2.26. The van der Waals surface area contributed by atoms with Crippen molar-refractivity contribution in [3.05, 3.63) is 18.7 Å². The molecule has 19 heavy (non-hydrogen) atoms. The lowest BCUT2D eigenvalue weighted by Gasteiger charge is -2.32. The molecule has 0 saturated heterocycles. The van der Waals surface area contributed by atoms with Gasteiger partial charge >= 0.3 is 5.91 Å². The Kier molecular flexibility index (Phi) is 6.71. The first-order valence-corrected chi connectivity index (χ1v) is 8.30. The minimum atomic E-state index is -0.881. The highest BCUT2D eigenvalue weighted by Gasteiger charge is 2.46. The fourth-order valence-electron chi connectivity index (χ4n) is 2.35. The molecule has 110 valence electrons. The fourth-order valence-corrected chi connectivity index (χ4v) is 3.20. The second-order valence-electron chi connectivity index (χ2n) is 4.58. The Labute approximate surface area is 118 Å². The molecule has 0 aromatic carbocycles. The van der Waals surface area contributed by atoms with Crippen molar-refractivity contribution < 1.29 is 18.8 Å². The number of hydrogen-bond acceptors (Lipinski definition) is 3. The van der Waals surface area contributed by atoms with Crippen molar-refractivity contribution in [2.75, 3.05) is 21.3 Å². The summed E-state index contributed by atoms with van der Waals surface area (Å²) in [6.45, 7) is 3.19. The van der Waals surface area contributed by atoms with Gasteiger partial charge in [-0.15, -0.1) is 0 Å². The molecule has 0 amide bonds. The Morgan fingerprint density at radius 2 is 2.00 bits per heavy atom. The van der Waals surface area contributed by atoms with Gasteiger partial charge in [-0.1, -0.05) is 13.3 Å². The van der Waals surface area contributed by atoms with Crippen LogP contribution in [0.2, 0.25) is 6.04 Å². The van der Waals surface area contributed by atoms with Gasteiger partial charge in [0, 0.05) is 31.6 Å². The minimum absolute atomic E-state index is 0.110. The van der Waals surface area contributed by atoms with Gasteiger partial charge in [0.2, 0.25) is 6.33 Å². The monoisotopic (exact) mass is 287 g/mol. The summed E-state index contributed by atoms with van der Waals surface area (Å²) < 4.78 is 21.0. The summed E-state index contributed by atoms with van der Waals surface area (Å²) in [6.07, 6.45) is 8.27. The van der Waals surface area contributed by atoms with Crippen LogP contribution in [-0.2, 0) is 26.7 Å². The van der Waals surface area contributed by atoms with Gasteiger partial charge in [0.05, 0.1) is 6.54 Å². The Bertz CT molecular complexity index is 363. The van der Waals surface area contributed by atoms with Crippen molar-refractivity contribution in [2.45, 2.75) is 44.4 Å². The van der Waals surface area contributed by atoms with Gasteiger partial charge in [0.1, 0.15) is 12.4 Å². The lowest BCUT2D eigenvalue weighted by Crippen LogP contribution is -2.49. The summed E-state index contributed by atoms with van der Waals surface area (Å²) in [5.41, 5.74) is 0. The summed E-state index contributed by atoms with van der Waals surface area (Å²) in [6, 6.07) is 0.936. The molecule has 0 aliphatic rings. The summed E-state index contributed by atoms with van der Waals surface area (Å²) in [5, 5.41) is 0. The Balaban J connectivity index is 3.01. The summed E-state index contributed by atoms with van der Waals surface area (Å²) in [5.74, 6) is -0.881. The van der Waals surface area contributed by atoms with Crippen molar-refractivity contribution >= 4 is 10.2 Å². The lowest BCUT2D eigenvalue weighted by molar-refractivity contribution is -0.697. The molecular weight excluding hydrogens is 260 g/mol. The predicted octanol–water partition coefficient (Wildman–Crippen LogP) is 0.277. The third-order valence-corrected chi connectivity index (χ3v) is 4.21. The highest BCUT2D eigenvalue weighted by atomic mass is 28.1. The van der Waals surface area contributed by atoms with Crippen molar-refractivity contribution in [3.8, 4) is 0 Å². The van der Waals surface area contributed by atoms with Gasteiger partial charge in [-0.3, -0.25) is 0 Å². The van der Waals surface area contributed by atoms with Gasteiger partial charge in [-0.05, 0) is 12.5 Å². The van der Waals surface area contributed by atoms with E-state index in [4.69, 9.17) is 14.2 Å². The van der Waals surface area contributed by atoms with E-state index in [2.05, 4.69) is 11.5 Å². The van der Waals surface area contributed by atoms with E-state index in [9.17, 15) is 0 Å². The molecule has 6 heteroatoms. The number of rotatable bonds is 9. The molecule has 0 spiro atoms. The molecule has 1 rings (SSSR count). The quantitative estimate of drug-likeness (QED) is 0.372. The van der Waals surface area contributed by atoms with Crippen LogP contribution in [0.1, 0.15) is 19.8 Å². The number of aromatic nitrogens is 2. The highest BCUT2D eigenvalue weighted by molar-refractivity contribution is 6.08. The summed E-state index contributed by atoms with van der Waals surface area (Å²) >= 11 is 0. The molecule has 0 N–H and O–H groups in total. The molecule has 1 unspecified atom stereocenters. The first-order chi connectivity index (χ1) is 9.18. The maximum Gasteiger partial charge on any atom is 0.353 e. The van der Waals surface area contributed by atoms with Crippen molar-refractivity contribution in [1.29, 1.82) is 0 Å². The molecule has 1 aromatic heterocycles. The SMILES string of the molecule is CCCC[n+]1ccn(C(OC)(OC)C(C[SiH3])OC)c1. The van der Waals surface area contributed by atoms with Gasteiger partial charge in [-0.2, -0.15) is 4.57 Å². The van der Waals surface area contributed by atoms with E-state index in [1.807, 2.05) is 23.3 Å². The zero-order chi connectivity index (χ0) is 14.3. The average Bonchev–Trinajstić information content (AvgIpc) is 2.91. The van der Waals surface area contributed by atoms with Crippen LogP contribution in [-0.4, -0.2) is 42.2 Å². The predicted molar refractivity (Wildman–Crippen MR) is 77.1 cm³/mol. The number of unbranched alkanes of at least 4 members (excludes halogenated alkanes) is 1. The van der Waals surface area contributed by atoms with Crippen LogP contribution in [0.3, 0.4) is 0 Å². The first-order valence-electron chi connectivity index (χ1n) is 6.89. The van der Waals surface area contributed by atoms with Crippen LogP contribution >= 0.6 is 0 Å². The van der Waals surface area contributed by atoms with Crippen molar-refractivity contribution in [2.24, 2.45) is 0 Å². The van der Waals surface area contributed by atoms with Gasteiger partial charge in [-0.25, -0.2) is 4.57 Å². The average molecular weight is 287 g/mol. The Morgan fingerprint density at radius 1 is 1.32 bits per heavy atom. The van der Waals surface area contributed by atoms with E-state index in [1.165, 1.54) is 6.42 Å².